The Bertz CT molecular complexity index is 610. The smallest absolute Gasteiger partial charge is 0.312 e. The van der Waals surface area contributed by atoms with Crippen molar-refractivity contribution in [3.05, 3.63) is 58.6 Å². The number of hydrogen-bond donors (Lipinski definition) is 0. The number of carbonyl (C=O) groups is 1. The number of halogens is 2. The molecule has 0 atom stereocenters. The van der Waals surface area contributed by atoms with E-state index in [2.05, 4.69) is 20.9 Å². The van der Waals surface area contributed by atoms with E-state index >= 15 is 0 Å². The highest BCUT2D eigenvalue weighted by atomic mass is 79.9. The highest BCUT2D eigenvalue weighted by molar-refractivity contribution is 9.10. The van der Waals surface area contributed by atoms with Gasteiger partial charge in [-0.1, -0.05) is 22.0 Å². The van der Waals surface area contributed by atoms with Gasteiger partial charge in [0.2, 0.25) is 0 Å². The summed E-state index contributed by atoms with van der Waals surface area (Å²) >= 11 is 4.73. The van der Waals surface area contributed by atoms with Crippen LogP contribution in [-0.4, -0.2) is 16.7 Å². The first-order chi connectivity index (χ1) is 10.1. The van der Waals surface area contributed by atoms with Crippen molar-refractivity contribution in [1.29, 1.82) is 0 Å². The summed E-state index contributed by atoms with van der Waals surface area (Å²) < 4.78 is 19.1. The zero-order valence-corrected chi connectivity index (χ0v) is 13.5. The average Bonchev–Trinajstić information content (AvgIpc) is 2.48. The summed E-state index contributed by atoms with van der Waals surface area (Å²) in [5.74, 6) is 0.301. The Morgan fingerprint density at radius 3 is 2.90 bits per heavy atom. The largest absolute Gasteiger partial charge is 0.423 e. The number of hydrogen-bond acceptors (Lipinski definition) is 4. The molecule has 21 heavy (non-hydrogen) atoms. The molecule has 1 aromatic heterocycles. The van der Waals surface area contributed by atoms with Crippen LogP contribution in [0.5, 0.6) is 5.75 Å². The lowest BCUT2D eigenvalue weighted by Crippen LogP contribution is -2.10. The number of pyridine rings is 1. The van der Waals surface area contributed by atoms with Gasteiger partial charge in [-0.2, -0.15) is 11.8 Å². The molecule has 0 N–H and O–H groups in total. The van der Waals surface area contributed by atoms with E-state index in [0.29, 0.717) is 10.2 Å². The van der Waals surface area contributed by atoms with Crippen LogP contribution in [0.15, 0.2) is 47.1 Å². The molecule has 1 aromatic carbocycles. The summed E-state index contributed by atoms with van der Waals surface area (Å²) in [5.41, 5.74) is 0.967. The van der Waals surface area contributed by atoms with Crippen LogP contribution in [0.25, 0.3) is 0 Å². The van der Waals surface area contributed by atoms with E-state index < -0.39 is 11.8 Å². The van der Waals surface area contributed by atoms with Crippen molar-refractivity contribution in [1.82, 2.24) is 4.98 Å². The molecule has 3 nitrogen and oxygen atoms in total. The van der Waals surface area contributed by atoms with Crippen LogP contribution in [0.4, 0.5) is 4.39 Å². The fourth-order valence-corrected chi connectivity index (χ4v) is 2.72. The molecule has 6 heteroatoms. The van der Waals surface area contributed by atoms with Crippen LogP contribution in [0.1, 0.15) is 12.1 Å². The van der Waals surface area contributed by atoms with Crippen LogP contribution in [0, 0.1) is 5.82 Å². The van der Waals surface area contributed by atoms with E-state index in [-0.39, 0.29) is 12.2 Å². The number of benzene rings is 1. The SMILES string of the molecule is O=C(CCSCc1ccccn1)Oc1ccc(Br)cc1F. The van der Waals surface area contributed by atoms with E-state index in [1.165, 1.54) is 12.1 Å². The van der Waals surface area contributed by atoms with E-state index in [4.69, 9.17) is 4.74 Å². The predicted molar refractivity (Wildman–Crippen MR) is 84.8 cm³/mol. The van der Waals surface area contributed by atoms with Gasteiger partial charge in [0.15, 0.2) is 11.6 Å². The molecule has 2 rings (SSSR count). The molecule has 0 aliphatic heterocycles. The molecule has 0 fully saturated rings. The number of nitrogens with zero attached hydrogens (tertiary/aromatic N) is 1. The van der Waals surface area contributed by atoms with Crippen molar-refractivity contribution in [2.24, 2.45) is 0 Å². The second-order valence-corrected chi connectivity index (χ2v) is 6.19. The summed E-state index contributed by atoms with van der Waals surface area (Å²) in [6.07, 6.45) is 1.97. The third kappa shape index (κ3) is 5.47. The molecular formula is C15H13BrFNO2S. The summed E-state index contributed by atoms with van der Waals surface area (Å²) in [5, 5.41) is 0. The minimum absolute atomic E-state index is 0.0436. The molecule has 0 aliphatic rings. The summed E-state index contributed by atoms with van der Waals surface area (Å²) in [6.45, 7) is 0. The molecule has 0 aliphatic carbocycles. The molecule has 2 aromatic rings. The van der Waals surface area contributed by atoms with Gasteiger partial charge in [0, 0.05) is 22.2 Å². The third-order valence-electron chi connectivity index (χ3n) is 2.54. The predicted octanol–water partition coefficient (Wildman–Crippen LogP) is 4.21. The number of rotatable bonds is 6. The van der Waals surface area contributed by atoms with Gasteiger partial charge in [-0.3, -0.25) is 9.78 Å². The number of thioether (sulfide) groups is 1. The van der Waals surface area contributed by atoms with Gasteiger partial charge in [0.05, 0.1) is 12.1 Å². The van der Waals surface area contributed by atoms with Gasteiger partial charge in [-0.15, -0.1) is 0 Å². The monoisotopic (exact) mass is 369 g/mol. The fourth-order valence-electron chi connectivity index (χ4n) is 1.55. The maximum Gasteiger partial charge on any atom is 0.312 e. The molecule has 0 bridgehead atoms. The maximum atomic E-state index is 13.5. The van der Waals surface area contributed by atoms with Crippen LogP contribution in [0.2, 0.25) is 0 Å². The Morgan fingerprint density at radius 2 is 2.19 bits per heavy atom. The van der Waals surface area contributed by atoms with Crippen LogP contribution in [-0.2, 0) is 10.5 Å². The zero-order valence-electron chi connectivity index (χ0n) is 11.1. The highest BCUT2D eigenvalue weighted by Gasteiger charge is 2.09. The quantitative estimate of drug-likeness (QED) is 0.434. The van der Waals surface area contributed by atoms with E-state index in [1.54, 1.807) is 24.0 Å². The van der Waals surface area contributed by atoms with Crippen LogP contribution in [0.3, 0.4) is 0 Å². The molecule has 0 amide bonds. The highest BCUT2D eigenvalue weighted by Crippen LogP contribution is 2.22. The minimum atomic E-state index is -0.557. The van der Waals surface area contributed by atoms with Gasteiger partial charge in [-0.05, 0) is 30.3 Å². The Balaban J connectivity index is 1.72. The van der Waals surface area contributed by atoms with Crippen molar-refractivity contribution in [3.8, 4) is 5.75 Å². The summed E-state index contributed by atoms with van der Waals surface area (Å²) in [6, 6.07) is 10.0. The molecule has 0 unspecified atom stereocenters. The maximum absolute atomic E-state index is 13.5. The Hall–Kier alpha value is -1.40. The Morgan fingerprint density at radius 1 is 1.33 bits per heavy atom. The lowest BCUT2D eigenvalue weighted by molar-refractivity contribution is -0.134. The van der Waals surface area contributed by atoms with Crippen molar-refractivity contribution in [3.63, 3.8) is 0 Å². The van der Waals surface area contributed by atoms with Crippen LogP contribution >= 0.6 is 27.7 Å². The third-order valence-corrected chi connectivity index (χ3v) is 4.03. The summed E-state index contributed by atoms with van der Waals surface area (Å²) in [7, 11) is 0. The second-order valence-electron chi connectivity index (χ2n) is 4.17. The van der Waals surface area contributed by atoms with E-state index in [1.807, 2.05) is 18.2 Å². The average molecular weight is 370 g/mol. The van der Waals surface area contributed by atoms with Crippen LogP contribution < -0.4 is 4.74 Å². The Kier molecular flexibility index (Phi) is 6.20. The lowest BCUT2D eigenvalue weighted by atomic mass is 10.3. The minimum Gasteiger partial charge on any atom is -0.423 e. The number of esters is 1. The first-order valence-corrected chi connectivity index (χ1v) is 8.23. The first-order valence-electron chi connectivity index (χ1n) is 6.28. The summed E-state index contributed by atoms with van der Waals surface area (Å²) in [4.78, 5) is 15.8. The van der Waals surface area contributed by atoms with E-state index in [0.717, 1.165) is 11.4 Å². The molecule has 0 saturated carbocycles. The van der Waals surface area contributed by atoms with Gasteiger partial charge in [0.1, 0.15) is 0 Å². The number of aromatic nitrogens is 1. The molecule has 0 saturated heterocycles. The van der Waals surface area contributed by atoms with Gasteiger partial charge >= 0.3 is 5.97 Å². The lowest BCUT2D eigenvalue weighted by Gasteiger charge is -2.05. The van der Waals surface area contributed by atoms with Crippen molar-refractivity contribution < 1.29 is 13.9 Å². The van der Waals surface area contributed by atoms with E-state index in [9.17, 15) is 9.18 Å². The van der Waals surface area contributed by atoms with Crippen molar-refractivity contribution >= 4 is 33.7 Å². The first kappa shape index (κ1) is 16.0. The molecular weight excluding hydrogens is 357 g/mol. The molecule has 0 radical (unpaired) electrons. The van der Waals surface area contributed by atoms with Gasteiger partial charge < -0.3 is 4.74 Å². The molecule has 0 spiro atoms. The van der Waals surface area contributed by atoms with Gasteiger partial charge in [-0.25, -0.2) is 4.39 Å². The normalized spacial score (nSPS) is 10.4. The molecule has 1 heterocycles. The van der Waals surface area contributed by atoms with Gasteiger partial charge in [0.25, 0.3) is 0 Å². The zero-order chi connectivity index (χ0) is 15.1. The number of ether oxygens (including phenoxy) is 1. The number of carbonyl (C=O) groups excluding carboxylic acids is 1. The Labute approximate surface area is 135 Å². The second kappa shape index (κ2) is 8.14. The van der Waals surface area contributed by atoms with Crippen molar-refractivity contribution in [2.75, 3.05) is 5.75 Å². The standard InChI is InChI=1S/C15H13BrFNO2S/c16-11-4-5-14(13(17)9-11)20-15(19)6-8-21-10-12-3-1-2-7-18-12/h1-5,7,9H,6,8,10H2. The topological polar surface area (TPSA) is 39.2 Å². The fraction of sp³-hybridized carbons (Fsp3) is 0.200. The van der Waals surface area contributed by atoms with Crippen molar-refractivity contribution in [2.45, 2.75) is 12.2 Å². The molecule has 110 valence electrons.